The fraction of sp³-hybridized carbons (Fsp3) is 0.533. The Balaban J connectivity index is 2.15. The van der Waals surface area contributed by atoms with Crippen molar-refractivity contribution in [1.82, 2.24) is 0 Å². The second-order valence-electron chi connectivity index (χ2n) is 5.01. The monoisotopic (exact) mass is 250 g/mol. The first kappa shape index (κ1) is 13.1. The van der Waals surface area contributed by atoms with Crippen LogP contribution in [0.1, 0.15) is 38.7 Å². The number of halogens is 1. The third-order valence-electron chi connectivity index (χ3n) is 4.21. The van der Waals surface area contributed by atoms with Gasteiger partial charge in [-0.1, -0.05) is 13.8 Å². The SMILES string of the molecule is CCC1(CC)C(=O)CC1Oc1ccc(F)c(C)c1. The highest BCUT2D eigenvalue weighted by molar-refractivity contribution is 5.92. The first-order valence-corrected chi connectivity index (χ1v) is 6.49. The number of aryl methyl sites for hydroxylation is 1. The van der Waals surface area contributed by atoms with Crippen molar-refractivity contribution in [2.45, 2.75) is 46.1 Å². The lowest BCUT2D eigenvalue weighted by atomic mass is 9.61. The van der Waals surface area contributed by atoms with E-state index in [1.54, 1.807) is 19.1 Å². The van der Waals surface area contributed by atoms with Crippen LogP contribution in [-0.2, 0) is 4.79 Å². The van der Waals surface area contributed by atoms with Crippen molar-refractivity contribution in [3.63, 3.8) is 0 Å². The molecule has 0 aliphatic heterocycles. The maximum Gasteiger partial charge on any atom is 0.146 e. The van der Waals surface area contributed by atoms with Crippen LogP contribution in [0, 0.1) is 18.2 Å². The topological polar surface area (TPSA) is 26.3 Å². The van der Waals surface area contributed by atoms with E-state index >= 15 is 0 Å². The van der Waals surface area contributed by atoms with Crippen molar-refractivity contribution in [3.05, 3.63) is 29.6 Å². The Morgan fingerprint density at radius 3 is 2.56 bits per heavy atom. The van der Waals surface area contributed by atoms with Crippen molar-refractivity contribution in [1.29, 1.82) is 0 Å². The van der Waals surface area contributed by atoms with Crippen LogP contribution in [0.3, 0.4) is 0 Å². The largest absolute Gasteiger partial charge is 0.489 e. The molecular weight excluding hydrogens is 231 g/mol. The molecule has 1 fully saturated rings. The molecule has 1 atom stereocenters. The number of carbonyl (C=O) groups is 1. The van der Waals surface area contributed by atoms with Gasteiger partial charge in [0.25, 0.3) is 0 Å². The minimum absolute atomic E-state index is 0.0649. The molecule has 0 heterocycles. The van der Waals surface area contributed by atoms with Crippen molar-refractivity contribution in [2.24, 2.45) is 5.41 Å². The molecule has 1 aliphatic rings. The van der Waals surface area contributed by atoms with Crippen LogP contribution in [0.4, 0.5) is 4.39 Å². The van der Waals surface area contributed by atoms with Gasteiger partial charge in [0.2, 0.25) is 0 Å². The van der Waals surface area contributed by atoms with Gasteiger partial charge in [-0.15, -0.1) is 0 Å². The summed E-state index contributed by atoms with van der Waals surface area (Å²) in [5.41, 5.74) is 0.235. The minimum atomic E-state index is -0.331. The number of rotatable bonds is 4. The third-order valence-corrected chi connectivity index (χ3v) is 4.21. The highest BCUT2D eigenvalue weighted by Crippen LogP contribution is 2.45. The van der Waals surface area contributed by atoms with E-state index in [9.17, 15) is 9.18 Å². The molecule has 1 saturated carbocycles. The Bertz CT molecular complexity index is 464. The van der Waals surface area contributed by atoms with Crippen molar-refractivity contribution in [3.8, 4) is 5.75 Å². The van der Waals surface area contributed by atoms with Crippen LogP contribution in [0.25, 0.3) is 0 Å². The van der Waals surface area contributed by atoms with Crippen LogP contribution in [0.15, 0.2) is 18.2 Å². The molecule has 18 heavy (non-hydrogen) atoms. The fourth-order valence-electron chi connectivity index (χ4n) is 2.72. The fourth-order valence-corrected chi connectivity index (χ4v) is 2.72. The van der Waals surface area contributed by atoms with E-state index in [-0.39, 0.29) is 23.1 Å². The quantitative estimate of drug-likeness (QED) is 0.815. The molecule has 0 radical (unpaired) electrons. The number of Topliss-reactive ketones (excluding diaryl/α,β-unsaturated/α-hetero) is 1. The molecule has 2 nitrogen and oxygen atoms in total. The first-order valence-electron chi connectivity index (χ1n) is 6.49. The lowest BCUT2D eigenvalue weighted by Crippen LogP contribution is -2.56. The summed E-state index contributed by atoms with van der Waals surface area (Å²) >= 11 is 0. The number of ether oxygens (including phenoxy) is 1. The smallest absolute Gasteiger partial charge is 0.146 e. The lowest BCUT2D eigenvalue weighted by molar-refractivity contribution is -0.153. The molecule has 0 spiro atoms. The second kappa shape index (κ2) is 4.71. The molecule has 1 aliphatic carbocycles. The number of ketones is 1. The molecule has 0 N–H and O–H groups in total. The van der Waals surface area contributed by atoms with E-state index in [4.69, 9.17) is 4.74 Å². The average Bonchev–Trinajstić information content (AvgIpc) is 2.35. The normalized spacial score (nSPS) is 21.6. The van der Waals surface area contributed by atoms with Crippen LogP contribution in [0.2, 0.25) is 0 Å². The molecule has 3 heteroatoms. The highest BCUT2D eigenvalue weighted by atomic mass is 19.1. The van der Waals surface area contributed by atoms with Gasteiger partial charge in [-0.2, -0.15) is 0 Å². The lowest BCUT2D eigenvalue weighted by Gasteiger charge is -2.46. The molecule has 0 aromatic heterocycles. The van der Waals surface area contributed by atoms with Gasteiger partial charge in [0.15, 0.2) is 0 Å². The van der Waals surface area contributed by atoms with Gasteiger partial charge in [0.1, 0.15) is 23.5 Å². The number of carbonyl (C=O) groups excluding carboxylic acids is 1. The van der Waals surface area contributed by atoms with Crippen molar-refractivity contribution >= 4 is 5.78 Å². The van der Waals surface area contributed by atoms with E-state index < -0.39 is 0 Å². The number of hydrogen-bond donors (Lipinski definition) is 0. The van der Waals surface area contributed by atoms with Gasteiger partial charge in [0.05, 0.1) is 5.41 Å². The summed E-state index contributed by atoms with van der Waals surface area (Å²) in [6.07, 6.45) is 2.00. The Hall–Kier alpha value is -1.38. The van der Waals surface area contributed by atoms with Gasteiger partial charge in [-0.05, 0) is 43.5 Å². The third kappa shape index (κ3) is 1.92. The van der Waals surface area contributed by atoms with E-state index in [1.165, 1.54) is 6.07 Å². The number of benzene rings is 1. The summed E-state index contributed by atoms with van der Waals surface area (Å²) < 4.78 is 19.0. The highest BCUT2D eigenvalue weighted by Gasteiger charge is 2.53. The first-order chi connectivity index (χ1) is 8.53. The molecule has 2 rings (SSSR count). The second-order valence-corrected chi connectivity index (χ2v) is 5.01. The molecule has 1 aromatic rings. The molecular formula is C15H19FO2. The van der Waals surface area contributed by atoms with E-state index in [2.05, 4.69) is 0 Å². The van der Waals surface area contributed by atoms with E-state index in [0.29, 0.717) is 17.7 Å². The standard InChI is InChI=1S/C15H19FO2/c1-4-15(5-2)13(17)9-14(15)18-11-6-7-12(16)10(3)8-11/h6-8,14H,4-5,9H2,1-3H3. The van der Waals surface area contributed by atoms with Crippen LogP contribution >= 0.6 is 0 Å². The van der Waals surface area contributed by atoms with Crippen LogP contribution in [0.5, 0.6) is 5.75 Å². The summed E-state index contributed by atoms with van der Waals surface area (Å²) in [5.74, 6) is 0.707. The summed E-state index contributed by atoms with van der Waals surface area (Å²) in [6, 6.07) is 4.72. The Kier molecular flexibility index (Phi) is 3.42. The van der Waals surface area contributed by atoms with Gasteiger partial charge in [-0.25, -0.2) is 4.39 Å². The van der Waals surface area contributed by atoms with Crippen molar-refractivity contribution < 1.29 is 13.9 Å². The minimum Gasteiger partial charge on any atom is -0.489 e. The Morgan fingerprint density at radius 2 is 2.06 bits per heavy atom. The van der Waals surface area contributed by atoms with E-state index in [0.717, 1.165) is 12.8 Å². The Morgan fingerprint density at radius 1 is 1.39 bits per heavy atom. The molecule has 1 aromatic carbocycles. The molecule has 0 saturated heterocycles. The summed E-state index contributed by atoms with van der Waals surface area (Å²) in [5, 5.41) is 0. The van der Waals surface area contributed by atoms with Gasteiger partial charge in [0, 0.05) is 6.42 Å². The van der Waals surface area contributed by atoms with Gasteiger partial charge in [-0.3, -0.25) is 4.79 Å². The molecule has 98 valence electrons. The zero-order chi connectivity index (χ0) is 13.3. The average molecular weight is 250 g/mol. The zero-order valence-corrected chi connectivity index (χ0v) is 11.1. The van der Waals surface area contributed by atoms with Crippen LogP contribution in [-0.4, -0.2) is 11.9 Å². The molecule has 0 bridgehead atoms. The zero-order valence-electron chi connectivity index (χ0n) is 11.1. The molecule has 1 unspecified atom stereocenters. The molecule has 0 amide bonds. The van der Waals surface area contributed by atoms with Crippen molar-refractivity contribution in [2.75, 3.05) is 0 Å². The summed E-state index contributed by atoms with van der Waals surface area (Å²) in [4.78, 5) is 11.8. The van der Waals surface area contributed by atoms with Gasteiger partial charge < -0.3 is 4.74 Å². The summed E-state index contributed by atoms with van der Waals surface area (Å²) in [7, 11) is 0. The number of hydrogen-bond acceptors (Lipinski definition) is 2. The van der Waals surface area contributed by atoms with E-state index in [1.807, 2.05) is 13.8 Å². The maximum absolute atomic E-state index is 13.2. The Labute approximate surface area is 107 Å². The summed E-state index contributed by atoms with van der Waals surface area (Å²) in [6.45, 7) is 5.75. The predicted octanol–water partition coefficient (Wildman–Crippen LogP) is 3.66. The van der Waals surface area contributed by atoms with Gasteiger partial charge >= 0.3 is 0 Å². The van der Waals surface area contributed by atoms with Crippen LogP contribution < -0.4 is 4.74 Å². The predicted molar refractivity (Wildman–Crippen MR) is 68.2 cm³/mol. The maximum atomic E-state index is 13.2.